The van der Waals surface area contributed by atoms with Crippen molar-refractivity contribution in [3.63, 3.8) is 0 Å². The number of hydrogen-bond acceptors (Lipinski definition) is 6. The fraction of sp³-hybridized carbons (Fsp3) is 0.929. The predicted octanol–water partition coefficient (Wildman–Crippen LogP) is -0.842. The molecule has 0 bridgehead atoms. The van der Waals surface area contributed by atoms with Crippen LogP contribution in [0.4, 0.5) is 0 Å². The lowest BCUT2D eigenvalue weighted by atomic mass is 10.1. The van der Waals surface area contributed by atoms with E-state index in [9.17, 15) is 9.90 Å². The van der Waals surface area contributed by atoms with Crippen LogP contribution < -0.4 is 22.5 Å². The van der Waals surface area contributed by atoms with E-state index in [2.05, 4.69) is 10.2 Å². The smallest absolute Gasteiger partial charge is 0.320 e. The van der Waals surface area contributed by atoms with Crippen molar-refractivity contribution in [2.24, 2.45) is 17.2 Å². The van der Waals surface area contributed by atoms with Crippen LogP contribution in [0, 0.1) is 0 Å². The van der Waals surface area contributed by atoms with Gasteiger partial charge in [0.25, 0.3) is 0 Å². The summed E-state index contributed by atoms with van der Waals surface area (Å²) in [6, 6.07) is -0.484. The van der Waals surface area contributed by atoms with Crippen molar-refractivity contribution in [2.75, 3.05) is 45.8 Å². The van der Waals surface area contributed by atoms with Crippen LogP contribution >= 0.6 is 0 Å². The number of rotatable bonds is 15. The van der Waals surface area contributed by atoms with Crippen LogP contribution in [0.5, 0.6) is 0 Å². The number of nitrogens with one attached hydrogen (secondary N) is 1. The lowest BCUT2D eigenvalue weighted by Gasteiger charge is -2.23. The fourth-order valence-corrected chi connectivity index (χ4v) is 2.18. The van der Waals surface area contributed by atoms with E-state index in [1.165, 1.54) is 0 Å². The van der Waals surface area contributed by atoms with E-state index in [1.54, 1.807) is 0 Å². The maximum Gasteiger partial charge on any atom is 0.320 e. The molecule has 0 aromatic rings. The van der Waals surface area contributed by atoms with Crippen molar-refractivity contribution in [2.45, 2.75) is 38.1 Å². The first-order valence-electron chi connectivity index (χ1n) is 7.94. The highest BCUT2D eigenvalue weighted by Gasteiger charge is 2.16. The second-order valence-corrected chi connectivity index (χ2v) is 5.26. The molecule has 0 heterocycles. The highest BCUT2D eigenvalue weighted by Crippen LogP contribution is 2.02. The van der Waals surface area contributed by atoms with Gasteiger partial charge in [-0.1, -0.05) is 0 Å². The Morgan fingerprint density at radius 3 is 1.95 bits per heavy atom. The minimum atomic E-state index is -0.789. The first-order valence-corrected chi connectivity index (χ1v) is 7.94. The number of hydrogen-bond donors (Lipinski definition) is 5. The van der Waals surface area contributed by atoms with E-state index in [-0.39, 0.29) is 0 Å². The fourth-order valence-electron chi connectivity index (χ4n) is 2.18. The van der Waals surface area contributed by atoms with Gasteiger partial charge in [-0.25, -0.2) is 0 Å². The molecule has 0 saturated heterocycles. The SMILES string of the molecule is NCCCN[C@@H](CCCN(CCCN)CCCN)C(=O)O. The van der Waals surface area contributed by atoms with Crippen LogP contribution in [0.25, 0.3) is 0 Å². The number of carbonyl (C=O) groups is 1. The zero-order valence-electron chi connectivity index (χ0n) is 13.1. The summed E-state index contributed by atoms with van der Waals surface area (Å²) in [6.07, 6.45) is 4.19. The Morgan fingerprint density at radius 2 is 1.48 bits per heavy atom. The molecule has 0 rings (SSSR count). The number of nitrogens with two attached hydrogens (primary N) is 3. The Labute approximate surface area is 128 Å². The molecule has 126 valence electrons. The highest BCUT2D eigenvalue weighted by atomic mass is 16.4. The highest BCUT2D eigenvalue weighted by molar-refractivity contribution is 5.73. The molecule has 0 aromatic heterocycles. The van der Waals surface area contributed by atoms with Crippen LogP contribution in [-0.2, 0) is 4.79 Å². The van der Waals surface area contributed by atoms with E-state index < -0.39 is 12.0 Å². The van der Waals surface area contributed by atoms with Gasteiger partial charge in [-0.05, 0) is 77.9 Å². The van der Waals surface area contributed by atoms with Gasteiger partial charge in [-0.15, -0.1) is 0 Å². The van der Waals surface area contributed by atoms with Crippen LogP contribution in [0.2, 0.25) is 0 Å². The Hall–Kier alpha value is -0.730. The van der Waals surface area contributed by atoms with Crippen molar-refractivity contribution in [3.05, 3.63) is 0 Å². The topological polar surface area (TPSA) is 131 Å². The van der Waals surface area contributed by atoms with Gasteiger partial charge < -0.3 is 32.5 Å². The average molecular weight is 303 g/mol. The summed E-state index contributed by atoms with van der Waals surface area (Å²) in [5.74, 6) is -0.789. The van der Waals surface area contributed by atoms with Gasteiger partial charge in [0.1, 0.15) is 6.04 Å². The summed E-state index contributed by atoms with van der Waals surface area (Å²) < 4.78 is 0. The molecule has 0 fully saturated rings. The van der Waals surface area contributed by atoms with Gasteiger partial charge in [0.2, 0.25) is 0 Å². The normalized spacial score (nSPS) is 12.8. The molecule has 0 spiro atoms. The second-order valence-electron chi connectivity index (χ2n) is 5.26. The van der Waals surface area contributed by atoms with Crippen molar-refractivity contribution in [1.82, 2.24) is 10.2 Å². The first kappa shape index (κ1) is 20.3. The van der Waals surface area contributed by atoms with E-state index in [0.29, 0.717) is 32.6 Å². The molecule has 21 heavy (non-hydrogen) atoms. The molecule has 0 aliphatic rings. The van der Waals surface area contributed by atoms with Gasteiger partial charge in [0.05, 0.1) is 0 Å². The molecule has 0 amide bonds. The maximum absolute atomic E-state index is 11.2. The van der Waals surface area contributed by atoms with Crippen molar-refractivity contribution < 1.29 is 9.90 Å². The van der Waals surface area contributed by atoms with Crippen LogP contribution in [0.1, 0.15) is 32.1 Å². The minimum Gasteiger partial charge on any atom is -0.480 e. The van der Waals surface area contributed by atoms with Gasteiger partial charge in [0, 0.05) is 0 Å². The Balaban J connectivity index is 4.01. The van der Waals surface area contributed by atoms with E-state index >= 15 is 0 Å². The van der Waals surface area contributed by atoms with Crippen molar-refractivity contribution in [3.8, 4) is 0 Å². The van der Waals surface area contributed by atoms with Gasteiger partial charge in [-0.3, -0.25) is 4.79 Å². The Bertz CT molecular complexity index is 246. The van der Waals surface area contributed by atoms with Crippen LogP contribution in [0.3, 0.4) is 0 Å². The summed E-state index contributed by atoms with van der Waals surface area (Å²) in [4.78, 5) is 13.5. The summed E-state index contributed by atoms with van der Waals surface area (Å²) in [5.41, 5.74) is 16.5. The first-order chi connectivity index (χ1) is 10.2. The lowest BCUT2D eigenvalue weighted by Crippen LogP contribution is -2.38. The second kappa shape index (κ2) is 14.2. The zero-order chi connectivity index (χ0) is 15.9. The molecule has 0 unspecified atom stereocenters. The van der Waals surface area contributed by atoms with E-state index in [4.69, 9.17) is 17.2 Å². The third kappa shape index (κ3) is 11.6. The summed E-state index contributed by atoms with van der Waals surface area (Å²) in [5, 5.41) is 12.2. The lowest BCUT2D eigenvalue weighted by molar-refractivity contribution is -0.139. The summed E-state index contributed by atoms with van der Waals surface area (Å²) in [6.45, 7) is 5.38. The molecule has 7 nitrogen and oxygen atoms in total. The van der Waals surface area contributed by atoms with Crippen LogP contribution in [0.15, 0.2) is 0 Å². The Kier molecular flexibility index (Phi) is 13.7. The third-order valence-electron chi connectivity index (χ3n) is 3.39. The van der Waals surface area contributed by atoms with Gasteiger partial charge in [-0.2, -0.15) is 0 Å². The molecule has 0 aliphatic heterocycles. The zero-order valence-corrected chi connectivity index (χ0v) is 13.1. The maximum atomic E-state index is 11.2. The Morgan fingerprint density at radius 1 is 0.952 bits per heavy atom. The summed E-state index contributed by atoms with van der Waals surface area (Å²) >= 11 is 0. The van der Waals surface area contributed by atoms with E-state index in [1.807, 2.05) is 0 Å². The predicted molar refractivity (Wildman–Crippen MR) is 86.1 cm³/mol. The molecule has 0 saturated carbocycles. The molecule has 7 heteroatoms. The molecule has 0 aliphatic carbocycles. The standard InChI is InChI=1S/C14H33N5O2/c15-6-2-9-18-13(14(20)21)5-1-10-19(11-3-7-16)12-4-8-17/h13,18H,1-12,15-17H2,(H,20,21)/t13-/m0/s1. The van der Waals surface area contributed by atoms with Crippen molar-refractivity contribution >= 4 is 5.97 Å². The third-order valence-corrected chi connectivity index (χ3v) is 3.39. The van der Waals surface area contributed by atoms with Crippen molar-refractivity contribution in [1.29, 1.82) is 0 Å². The average Bonchev–Trinajstić information content (AvgIpc) is 2.47. The largest absolute Gasteiger partial charge is 0.480 e. The molecular formula is C14H33N5O2. The molecule has 8 N–H and O–H groups in total. The summed E-state index contributed by atoms with van der Waals surface area (Å²) in [7, 11) is 0. The van der Waals surface area contributed by atoms with Gasteiger partial charge in [0.15, 0.2) is 0 Å². The minimum absolute atomic E-state index is 0.484. The van der Waals surface area contributed by atoms with Crippen LogP contribution in [-0.4, -0.2) is 67.8 Å². The molecular weight excluding hydrogens is 270 g/mol. The number of nitrogens with zero attached hydrogens (tertiary/aromatic N) is 1. The number of aliphatic carboxylic acids is 1. The molecule has 0 radical (unpaired) electrons. The molecule has 0 aromatic carbocycles. The monoisotopic (exact) mass is 303 g/mol. The van der Waals surface area contributed by atoms with E-state index in [0.717, 1.165) is 45.3 Å². The van der Waals surface area contributed by atoms with Gasteiger partial charge >= 0.3 is 5.97 Å². The molecule has 1 atom stereocenters. The quantitative estimate of drug-likeness (QED) is 0.249. The number of carboxylic acid groups (broad SMARTS) is 1. The number of carboxylic acids is 1.